The first kappa shape index (κ1) is 20.8. The van der Waals surface area contributed by atoms with Gasteiger partial charge in [-0.1, -0.05) is 11.8 Å². The summed E-state index contributed by atoms with van der Waals surface area (Å²) in [6, 6.07) is 4.19. The number of anilines is 1. The van der Waals surface area contributed by atoms with E-state index in [1.165, 1.54) is 41.6 Å². The van der Waals surface area contributed by atoms with E-state index in [1.807, 2.05) is 6.92 Å². The van der Waals surface area contributed by atoms with E-state index in [2.05, 4.69) is 10.3 Å². The topological polar surface area (TPSA) is 90.9 Å². The number of fused-ring (bicyclic) bond motifs is 1. The Bertz CT molecular complexity index is 1210. The number of aromatic nitrogens is 4. The second-order valence-corrected chi connectivity index (χ2v) is 7.68. The number of amides is 1. The zero-order valence-corrected chi connectivity index (χ0v) is 17.5. The van der Waals surface area contributed by atoms with Crippen LogP contribution < -0.4 is 16.6 Å². The van der Waals surface area contributed by atoms with Gasteiger partial charge in [0.05, 0.1) is 0 Å². The first-order chi connectivity index (χ1) is 13.7. The molecule has 1 amide bonds. The Kier molecular flexibility index (Phi) is 5.92. The molecule has 0 bridgehead atoms. The molecule has 0 spiro atoms. The largest absolute Gasteiger partial charge is 0.332 e. The highest BCUT2D eigenvalue weighted by atomic mass is 32.2. The first-order valence-corrected chi connectivity index (χ1v) is 10.1. The van der Waals surface area contributed by atoms with Gasteiger partial charge in [-0.3, -0.25) is 18.7 Å². The molecule has 10 heteroatoms. The number of imidazole rings is 1. The normalized spacial score (nSPS) is 11.2. The van der Waals surface area contributed by atoms with Crippen LogP contribution in [0.4, 0.5) is 10.1 Å². The smallest absolute Gasteiger partial charge is 0.326 e. The van der Waals surface area contributed by atoms with Gasteiger partial charge < -0.3 is 9.88 Å². The van der Waals surface area contributed by atoms with Gasteiger partial charge in [0.25, 0.3) is 5.56 Å². The summed E-state index contributed by atoms with van der Waals surface area (Å²) >= 11 is 1.34. The number of carbonyl (C=O) groups excluding carboxylic acids is 1. The first-order valence-electron chi connectivity index (χ1n) is 9.09. The molecule has 2 heterocycles. The van der Waals surface area contributed by atoms with Crippen molar-refractivity contribution in [3.63, 3.8) is 0 Å². The lowest BCUT2D eigenvalue weighted by Crippen LogP contribution is -2.37. The lowest BCUT2D eigenvalue weighted by Gasteiger charge is -2.09. The molecule has 0 saturated carbocycles. The molecule has 0 aliphatic heterocycles. The van der Waals surface area contributed by atoms with Gasteiger partial charge in [-0.2, -0.15) is 0 Å². The Balaban J connectivity index is 1.76. The molecule has 29 heavy (non-hydrogen) atoms. The van der Waals surface area contributed by atoms with Crippen molar-refractivity contribution in [1.29, 1.82) is 0 Å². The summed E-state index contributed by atoms with van der Waals surface area (Å²) < 4.78 is 17.4. The second kappa shape index (κ2) is 8.24. The third-order valence-electron chi connectivity index (χ3n) is 4.64. The lowest BCUT2D eigenvalue weighted by molar-refractivity contribution is -0.115. The van der Waals surface area contributed by atoms with Crippen molar-refractivity contribution in [2.75, 3.05) is 11.1 Å². The zero-order chi connectivity index (χ0) is 21.3. The zero-order valence-electron chi connectivity index (χ0n) is 16.7. The van der Waals surface area contributed by atoms with E-state index < -0.39 is 11.2 Å². The molecule has 2 aromatic heterocycles. The van der Waals surface area contributed by atoms with Crippen molar-refractivity contribution in [3.8, 4) is 0 Å². The fourth-order valence-electron chi connectivity index (χ4n) is 3.08. The van der Waals surface area contributed by atoms with E-state index >= 15 is 0 Å². The molecule has 0 aliphatic carbocycles. The van der Waals surface area contributed by atoms with Crippen LogP contribution in [-0.4, -0.2) is 30.3 Å². The molecule has 0 aliphatic rings. The fourth-order valence-corrected chi connectivity index (χ4v) is 4.08. The number of aryl methyl sites for hydroxylation is 3. The Morgan fingerprint density at radius 2 is 1.97 bits per heavy atom. The van der Waals surface area contributed by atoms with Crippen LogP contribution in [0, 0.1) is 12.7 Å². The van der Waals surface area contributed by atoms with Crippen LogP contribution in [0.2, 0.25) is 0 Å². The van der Waals surface area contributed by atoms with Gasteiger partial charge in [-0.25, -0.2) is 14.2 Å². The van der Waals surface area contributed by atoms with Gasteiger partial charge in [0, 0.05) is 38.5 Å². The molecular formula is C19H22FN5O3S. The van der Waals surface area contributed by atoms with Gasteiger partial charge in [0.15, 0.2) is 16.3 Å². The van der Waals surface area contributed by atoms with Crippen LogP contribution >= 0.6 is 11.8 Å². The van der Waals surface area contributed by atoms with Gasteiger partial charge in [-0.15, -0.1) is 0 Å². The van der Waals surface area contributed by atoms with E-state index in [0.717, 1.165) is 4.57 Å². The van der Waals surface area contributed by atoms with Crippen molar-refractivity contribution in [1.82, 2.24) is 18.7 Å². The van der Waals surface area contributed by atoms with E-state index in [9.17, 15) is 18.8 Å². The number of rotatable bonds is 6. The predicted molar refractivity (Wildman–Crippen MR) is 111 cm³/mol. The summed E-state index contributed by atoms with van der Waals surface area (Å²) in [7, 11) is 3.02. The third kappa shape index (κ3) is 3.98. The number of hydrogen-bond acceptors (Lipinski definition) is 5. The van der Waals surface area contributed by atoms with E-state index in [1.54, 1.807) is 18.5 Å². The van der Waals surface area contributed by atoms with Crippen LogP contribution in [0.3, 0.4) is 0 Å². The fraction of sp³-hybridized carbons (Fsp3) is 0.368. The summed E-state index contributed by atoms with van der Waals surface area (Å²) in [4.78, 5) is 41.2. The highest BCUT2D eigenvalue weighted by Crippen LogP contribution is 2.23. The molecule has 154 valence electrons. The van der Waals surface area contributed by atoms with E-state index in [4.69, 9.17) is 0 Å². The van der Waals surface area contributed by atoms with Gasteiger partial charge in [-0.05, 0) is 37.6 Å². The van der Waals surface area contributed by atoms with Crippen LogP contribution in [0.25, 0.3) is 11.2 Å². The number of carbonyl (C=O) groups is 1. The molecule has 0 radical (unpaired) electrons. The van der Waals surface area contributed by atoms with E-state index in [-0.39, 0.29) is 23.7 Å². The summed E-state index contributed by atoms with van der Waals surface area (Å²) in [5.41, 5.74) is 1.06. The second-order valence-electron chi connectivity index (χ2n) is 6.62. The number of thioether (sulfide) groups is 1. The Morgan fingerprint density at radius 1 is 1.24 bits per heavy atom. The number of hydrogen-bond donors (Lipinski definition) is 1. The Labute approximate surface area is 170 Å². The van der Waals surface area contributed by atoms with Gasteiger partial charge in [0.1, 0.15) is 5.82 Å². The minimum atomic E-state index is -0.443. The van der Waals surface area contributed by atoms with Gasteiger partial charge in [0.2, 0.25) is 5.91 Å². The SMILES string of the molecule is CCn1c(SCCC(=O)Nc2ccc(F)cc2C)nc2c(=O)n(C)c(=O)n(C)c21. The average Bonchev–Trinajstić information content (AvgIpc) is 3.05. The van der Waals surface area contributed by atoms with E-state index in [0.29, 0.717) is 34.4 Å². The maximum atomic E-state index is 13.2. The molecule has 1 N–H and O–H groups in total. The van der Waals surface area contributed by atoms with Crippen molar-refractivity contribution in [3.05, 3.63) is 50.4 Å². The highest BCUT2D eigenvalue weighted by Gasteiger charge is 2.18. The number of nitrogens with one attached hydrogen (secondary N) is 1. The minimum absolute atomic E-state index is 0.199. The molecule has 1 aromatic carbocycles. The summed E-state index contributed by atoms with van der Waals surface area (Å²) in [5, 5.41) is 3.34. The molecule has 8 nitrogen and oxygen atoms in total. The predicted octanol–water partition coefficient (Wildman–Crippen LogP) is 2.02. The summed E-state index contributed by atoms with van der Waals surface area (Å²) in [6.07, 6.45) is 0.214. The maximum Gasteiger partial charge on any atom is 0.332 e. The maximum absolute atomic E-state index is 13.2. The number of nitrogens with zero attached hydrogens (tertiary/aromatic N) is 4. The average molecular weight is 419 g/mol. The molecule has 3 aromatic rings. The van der Waals surface area contributed by atoms with Crippen molar-refractivity contribution in [2.24, 2.45) is 14.1 Å². The lowest BCUT2D eigenvalue weighted by atomic mass is 10.2. The van der Waals surface area contributed by atoms with Crippen LogP contribution in [0.15, 0.2) is 32.9 Å². The van der Waals surface area contributed by atoms with Crippen molar-refractivity contribution in [2.45, 2.75) is 32.0 Å². The number of benzene rings is 1. The van der Waals surface area contributed by atoms with Crippen LogP contribution in [-0.2, 0) is 25.4 Å². The monoisotopic (exact) mass is 419 g/mol. The molecule has 3 rings (SSSR count). The van der Waals surface area contributed by atoms with Crippen LogP contribution in [0.5, 0.6) is 0 Å². The summed E-state index contributed by atoms with van der Waals surface area (Å²) in [6.45, 7) is 4.15. The van der Waals surface area contributed by atoms with Crippen LogP contribution in [0.1, 0.15) is 18.9 Å². The molecule has 0 unspecified atom stereocenters. The molecule has 0 fully saturated rings. The third-order valence-corrected chi connectivity index (χ3v) is 5.62. The highest BCUT2D eigenvalue weighted by molar-refractivity contribution is 7.99. The summed E-state index contributed by atoms with van der Waals surface area (Å²) in [5.74, 6) is -0.117. The Hall–Kier alpha value is -2.88. The Morgan fingerprint density at radius 3 is 2.62 bits per heavy atom. The molecular weight excluding hydrogens is 397 g/mol. The molecule has 0 atom stereocenters. The minimum Gasteiger partial charge on any atom is -0.326 e. The van der Waals surface area contributed by atoms with Crippen molar-refractivity contribution < 1.29 is 9.18 Å². The number of halogens is 1. The van der Waals surface area contributed by atoms with Crippen molar-refractivity contribution >= 4 is 34.5 Å². The quantitative estimate of drug-likeness (QED) is 0.618. The standard InChI is InChI=1S/C19H22FN5O3S/c1-5-25-16-15(17(27)24(4)19(28)23(16)3)22-18(25)29-9-8-14(26)21-13-7-6-12(20)10-11(13)2/h6-7,10H,5,8-9H2,1-4H3,(H,21,26). The van der Waals surface area contributed by atoms with Gasteiger partial charge >= 0.3 is 5.69 Å². The molecule has 0 saturated heterocycles.